The number of nitrogens with one attached hydrogen (secondary N) is 2. The Hall–Kier alpha value is -2.14. The van der Waals surface area contributed by atoms with Crippen LogP contribution in [0, 0.1) is 5.92 Å². The molecule has 0 aliphatic heterocycles. The average Bonchev–Trinajstić information content (AvgIpc) is 2.50. The maximum atomic E-state index is 12.1. The quantitative estimate of drug-likeness (QED) is 0.640. The van der Waals surface area contributed by atoms with Crippen molar-refractivity contribution in [3.8, 4) is 0 Å². The van der Waals surface area contributed by atoms with Gasteiger partial charge in [-0.05, 0) is 50.8 Å². The van der Waals surface area contributed by atoms with Crippen molar-refractivity contribution in [1.29, 1.82) is 0 Å². The van der Waals surface area contributed by atoms with Crippen LogP contribution >= 0.6 is 0 Å². The second kappa shape index (κ2) is 9.88. The van der Waals surface area contributed by atoms with E-state index < -0.39 is 0 Å². The van der Waals surface area contributed by atoms with E-state index in [-0.39, 0.29) is 23.8 Å². The molecule has 132 valence electrons. The number of carbonyl (C=O) groups excluding carboxylic acids is 2. The maximum Gasteiger partial charge on any atom is 0.251 e. The van der Waals surface area contributed by atoms with Gasteiger partial charge in [0.1, 0.15) is 0 Å². The number of hydrogen-bond acceptors (Lipinski definition) is 3. The number of aliphatic hydroxyl groups excluding tert-OH is 1. The molecule has 0 saturated heterocycles. The summed E-state index contributed by atoms with van der Waals surface area (Å²) in [6, 6.07) is 7.15. The second-order valence-electron chi connectivity index (χ2n) is 6.54. The van der Waals surface area contributed by atoms with Crippen LogP contribution < -0.4 is 10.6 Å². The zero-order valence-electron chi connectivity index (χ0n) is 14.9. The van der Waals surface area contributed by atoms with Gasteiger partial charge in [0, 0.05) is 24.7 Å². The zero-order valence-corrected chi connectivity index (χ0v) is 14.9. The molecule has 0 aromatic heterocycles. The van der Waals surface area contributed by atoms with Gasteiger partial charge in [-0.3, -0.25) is 9.59 Å². The van der Waals surface area contributed by atoms with Crippen molar-refractivity contribution in [2.45, 2.75) is 46.8 Å². The van der Waals surface area contributed by atoms with Gasteiger partial charge in [0.25, 0.3) is 5.91 Å². The first kappa shape index (κ1) is 19.9. The van der Waals surface area contributed by atoms with Gasteiger partial charge in [0.05, 0.1) is 6.10 Å². The van der Waals surface area contributed by atoms with Gasteiger partial charge < -0.3 is 15.7 Å². The highest BCUT2D eigenvalue weighted by Crippen LogP contribution is 2.07. The highest BCUT2D eigenvalue weighted by molar-refractivity contribution is 5.94. The third-order valence-electron chi connectivity index (χ3n) is 3.46. The Bertz CT molecular complexity index is 573. The number of allylic oxidation sites excluding steroid dienone is 1. The normalized spacial score (nSPS) is 12.9. The fraction of sp³-hybridized carbons (Fsp3) is 0.474. The molecule has 5 heteroatoms. The average molecular weight is 332 g/mol. The molecule has 5 nitrogen and oxygen atoms in total. The molecule has 0 heterocycles. The molecule has 0 aliphatic carbocycles. The van der Waals surface area contributed by atoms with Crippen molar-refractivity contribution in [2.75, 3.05) is 6.54 Å². The van der Waals surface area contributed by atoms with E-state index in [1.165, 1.54) is 0 Å². The number of hydrogen-bond donors (Lipinski definition) is 3. The fourth-order valence-electron chi connectivity index (χ4n) is 2.31. The Morgan fingerprint density at radius 3 is 2.29 bits per heavy atom. The summed E-state index contributed by atoms with van der Waals surface area (Å²) in [5.74, 6) is -0.0324. The molecule has 3 N–H and O–H groups in total. The van der Waals surface area contributed by atoms with E-state index in [1.54, 1.807) is 25.1 Å². The lowest BCUT2D eigenvalue weighted by Crippen LogP contribution is -2.29. The first-order valence-corrected chi connectivity index (χ1v) is 8.26. The van der Waals surface area contributed by atoms with Gasteiger partial charge in [-0.25, -0.2) is 0 Å². The van der Waals surface area contributed by atoms with Crippen molar-refractivity contribution in [1.82, 2.24) is 10.6 Å². The predicted molar refractivity (Wildman–Crippen MR) is 95.5 cm³/mol. The minimum atomic E-state index is -0.363. The van der Waals surface area contributed by atoms with Crippen LogP contribution in [-0.4, -0.2) is 29.6 Å². The van der Waals surface area contributed by atoms with Crippen LogP contribution in [0.5, 0.6) is 0 Å². The van der Waals surface area contributed by atoms with E-state index in [1.807, 2.05) is 32.9 Å². The lowest BCUT2D eigenvalue weighted by molar-refractivity contribution is -0.116. The Labute approximate surface area is 144 Å². The van der Waals surface area contributed by atoms with E-state index in [2.05, 4.69) is 10.6 Å². The Balaban J connectivity index is 2.47. The van der Waals surface area contributed by atoms with E-state index in [0.717, 1.165) is 11.1 Å². The first-order valence-electron chi connectivity index (χ1n) is 8.26. The van der Waals surface area contributed by atoms with Crippen LogP contribution in [0.3, 0.4) is 0 Å². The fourth-order valence-corrected chi connectivity index (χ4v) is 2.31. The number of benzene rings is 1. The largest absolute Gasteiger partial charge is 0.393 e. The first-order chi connectivity index (χ1) is 11.3. The maximum absolute atomic E-state index is 12.1. The van der Waals surface area contributed by atoms with Crippen molar-refractivity contribution < 1.29 is 14.7 Å². The lowest BCUT2D eigenvalue weighted by Gasteiger charge is -2.14. The van der Waals surface area contributed by atoms with Crippen LogP contribution in [0.1, 0.15) is 50.0 Å². The molecule has 24 heavy (non-hydrogen) atoms. The van der Waals surface area contributed by atoms with Crippen LogP contribution in [0.4, 0.5) is 0 Å². The molecule has 0 spiro atoms. The smallest absolute Gasteiger partial charge is 0.251 e. The molecular formula is C19H28N2O3. The SMILES string of the molecule is CC(C)=CC(=O)NCc1ccc(C(=O)NCC(C)CC(C)O)cc1. The summed E-state index contributed by atoms with van der Waals surface area (Å²) in [6.07, 6.45) is 1.85. The second-order valence-corrected chi connectivity index (χ2v) is 6.54. The molecule has 0 aliphatic rings. The van der Waals surface area contributed by atoms with Gasteiger partial charge in [0.15, 0.2) is 0 Å². The lowest BCUT2D eigenvalue weighted by atomic mass is 10.0. The van der Waals surface area contributed by atoms with Gasteiger partial charge >= 0.3 is 0 Å². The van der Waals surface area contributed by atoms with Crippen LogP contribution in [0.25, 0.3) is 0 Å². The van der Waals surface area contributed by atoms with E-state index in [0.29, 0.717) is 25.1 Å². The third kappa shape index (κ3) is 7.92. The van der Waals surface area contributed by atoms with Crippen molar-refractivity contribution in [2.24, 2.45) is 5.92 Å². The summed E-state index contributed by atoms with van der Waals surface area (Å²) in [7, 11) is 0. The minimum Gasteiger partial charge on any atom is -0.393 e. The summed E-state index contributed by atoms with van der Waals surface area (Å²) in [6.45, 7) is 8.43. The summed E-state index contributed by atoms with van der Waals surface area (Å²) in [5, 5.41) is 15.0. The predicted octanol–water partition coefficient (Wildman–Crippen LogP) is 2.41. The molecule has 1 aromatic carbocycles. The minimum absolute atomic E-state index is 0.121. The van der Waals surface area contributed by atoms with E-state index in [4.69, 9.17) is 0 Å². The number of amides is 2. The van der Waals surface area contributed by atoms with E-state index in [9.17, 15) is 14.7 Å². The van der Waals surface area contributed by atoms with Gasteiger partial charge in [-0.2, -0.15) is 0 Å². The molecule has 0 bridgehead atoms. The van der Waals surface area contributed by atoms with Gasteiger partial charge in [-0.1, -0.05) is 24.6 Å². The third-order valence-corrected chi connectivity index (χ3v) is 3.46. The van der Waals surface area contributed by atoms with Gasteiger partial charge in [-0.15, -0.1) is 0 Å². The Kier molecular flexibility index (Phi) is 8.19. The van der Waals surface area contributed by atoms with Crippen molar-refractivity contribution >= 4 is 11.8 Å². The molecular weight excluding hydrogens is 304 g/mol. The van der Waals surface area contributed by atoms with Crippen LogP contribution in [-0.2, 0) is 11.3 Å². The number of rotatable bonds is 8. The molecule has 1 aromatic rings. The highest BCUT2D eigenvalue weighted by atomic mass is 16.3. The van der Waals surface area contributed by atoms with Gasteiger partial charge in [0.2, 0.25) is 5.91 Å². The molecule has 0 radical (unpaired) electrons. The van der Waals surface area contributed by atoms with E-state index >= 15 is 0 Å². The highest BCUT2D eigenvalue weighted by Gasteiger charge is 2.10. The summed E-state index contributed by atoms with van der Waals surface area (Å²) < 4.78 is 0. The topological polar surface area (TPSA) is 78.4 Å². The molecule has 0 fully saturated rings. The number of aliphatic hydroxyl groups is 1. The van der Waals surface area contributed by atoms with Crippen molar-refractivity contribution in [3.63, 3.8) is 0 Å². The monoisotopic (exact) mass is 332 g/mol. The molecule has 1 rings (SSSR count). The van der Waals surface area contributed by atoms with Crippen LogP contribution in [0.2, 0.25) is 0 Å². The zero-order chi connectivity index (χ0) is 18.1. The molecule has 2 atom stereocenters. The summed E-state index contributed by atoms with van der Waals surface area (Å²) in [4.78, 5) is 23.6. The molecule has 2 amide bonds. The Morgan fingerprint density at radius 2 is 1.75 bits per heavy atom. The summed E-state index contributed by atoms with van der Waals surface area (Å²) >= 11 is 0. The molecule has 2 unspecified atom stereocenters. The Morgan fingerprint density at radius 1 is 1.12 bits per heavy atom. The van der Waals surface area contributed by atoms with Crippen molar-refractivity contribution in [3.05, 3.63) is 47.0 Å². The number of carbonyl (C=O) groups is 2. The summed E-state index contributed by atoms with van der Waals surface area (Å²) in [5.41, 5.74) is 2.47. The van der Waals surface area contributed by atoms with Crippen LogP contribution in [0.15, 0.2) is 35.9 Å². The standard InChI is InChI=1S/C19H28N2O3/c1-13(2)9-18(23)20-12-16-5-7-17(8-6-16)19(24)21-11-14(3)10-15(4)22/h5-9,14-15,22H,10-12H2,1-4H3,(H,20,23)(H,21,24). The molecule has 0 saturated carbocycles.